The summed E-state index contributed by atoms with van der Waals surface area (Å²) in [5.41, 5.74) is 0. The van der Waals surface area contributed by atoms with Crippen molar-refractivity contribution in [2.75, 3.05) is 41.0 Å². The summed E-state index contributed by atoms with van der Waals surface area (Å²) in [6.45, 7) is 4.56. The number of nitrogens with zero attached hydrogens (tertiary/aromatic N) is 1. The molecule has 0 N–H and O–H groups in total. The Hall–Kier alpha value is -2.19. The number of rotatable bonds is 39. The number of hydrogen-bond donors (Lipinski definition) is 0. The van der Waals surface area contributed by atoms with Crippen LogP contribution in [0.3, 0.4) is 0 Å². The summed E-state index contributed by atoms with van der Waals surface area (Å²) in [6, 6.07) is -0.727. The Kier molecular flexibility index (Phi) is 35.2. The average molecular weight is 750 g/mol. The van der Waals surface area contributed by atoms with Gasteiger partial charge in [-0.1, -0.05) is 147 Å². The fraction of sp³-hybridized carbons (Fsp3) is 0.844. The topological polar surface area (TPSA) is 102 Å². The molecule has 0 aromatic carbocycles. The van der Waals surface area contributed by atoms with Gasteiger partial charge in [0.2, 0.25) is 0 Å². The Balaban J connectivity index is 4.18. The van der Waals surface area contributed by atoms with Crippen LogP contribution in [0.25, 0.3) is 0 Å². The first-order valence-corrected chi connectivity index (χ1v) is 21.9. The number of carboxylic acids is 1. The highest BCUT2D eigenvalue weighted by Gasteiger charge is 2.25. The van der Waals surface area contributed by atoms with E-state index in [2.05, 4.69) is 32.1 Å². The Morgan fingerprint density at radius 3 is 1.47 bits per heavy atom. The van der Waals surface area contributed by atoms with Gasteiger partial charge in [0.25, 0.3) is 0 Å². The number of likely N-dealkylation sites (N-methyl/N-ethyl adjacent to an activating group) is 1. The van der Waals surface area contributed by atoms with Crippen molar-refractivity contribution in [3.05, 3.63) is 24.3 Å². The summed E-state index contributed by atoms with van der Waals surface area (Å²) < 4.78 is 17.0. The van der Waals surface area contributed by atoms with Crippen LogP contribution in [0.15, 0.2) is 24.3 Å². The predicted octanol–water partition coefficient (Wildman–Crippen LogP) is 10.4. The molecule has 0 bridgehead atoms. The molecule has 310 valence electrons. The monoisotopic (exact) mass is 750 g/mol. The van der Waals surface area contributed by atoms with Crippen LogP contribution in [0.5, 0.6) is 0 Å². The number of carbonyl (C=O) groups is 3. The van der Waals surface area contributed by atoms with Gasteiger partial charge in [-0.2, -0.15) is 0 Å². The van der Waals surface area contributed by atoms with Gasteiger partial charge in [0, 0.05) is 19.3 Å². The zero-order chi connectivity index (χ0) is 39.3. The van der Waals surface area contributed by atoms with E-state index in [0.29, 0.717) is 12.8 Å². The summed E-state index contributed by atoms with van der Waals surface area (Å²) in [7, 11) is 5.39. The Bertz CT molecular complexity index is 926. The van der Waals surface area contributed by atoms with Crippen molar-refractivity contribution in [3.8, 4) is 0 Å². The van der Waals surface area contributed by atoms with Crippen LogP contribution in [0.4, 0.5) is 0 Å². The predicted molar refractivity (Wildman–Crippen MR) is 217 cm³/mol. The Morgan fingerprint density at radius 2 is 0.981 bits per heavy atom. The maximum Gasteiger partial charge on any atom is 0.306 e. The second-order valence-electron chi connectivity index (χ2n) is 15.9. The highest BCUT2D eigenvalue weighted by Crippen LogP contribution is 2.14. The molecule has 2 atom stereocenters. The van der Waals surface area contributed by atoms with Gasteiger partial charge in [-0.3, -0.25) is 9.59 Å². The molecular formula is C45H83NO7. The molecular weight excluding hydrogens is 666 g/mol. The van der Waals surface area contributed by atoms with Gasteiger partial charge in [0.1, 0.15) is 12.6 Å². The van der Waals surface area contributed by atoms with E-state index in [0.717, 1.165) is 32.1 Å². The van der Waals surface area contributed by atoms with E-state index in [-0.39, 0.29) is 49.1 Å². The molecule has 8 heteroatoms. The van der Waals surface area contributed by atoms with Crippen LogP contribution in [0, 0.1) is 0 Å². The van der Waals surface area contributed by atoms with Crippen LogP contribution >= 0.6 is 0 Å². The lowest BCUT2D eigenvalue weighted by molar-refractivity contribution is -0.889. The zero-order valence-electron chi connectivity index (χ0n) is 35.2. The van der Waals surface area contributed by atoms with Gasteiger partial charge in [-0.15, -0.1) is 0 Å². The van der Waals surface area contributed by atoms with Crippen molar-refractivity contribution in [3.63, 3.8) is 0 Å². The highest BCUT2D eigenvalue weighted by atomic mass is 16.6. The fourth-order valence-electron chi connectivity index (χ4n) is 6.38. The molecule has 0 aliphatic rings. The molecule has 0 aromatic rings. The van der Waals surface area contributed by atoms with Crippen molar-refractivity contribution in [1.82, 2.24) is 0 Å². The quantitative estimate of drug-likeness (QED) is 0.0267. The molecule has 0 rings (SSSR count). The molecule has 0 saturated heterocycles. The Labute approximate surface area is 326 Å². The second-order valence-corrected chi connectivity index (χ2v) is 15.9. The minimum absolute atomic E-state index is 0.0296. The number of hydrogen-bond acceptors (Lipinski definition) is 7. The molecule has 0 fully saturated rings. The minimum atomic E-state index is -1.13. The van der Waals surface area contributed by atoms with Crippen LogP contribution in [-0.2, 0) is 28.6 Å². The lowest BCUT2D eigenvalue weighted by Crippen LogP contribution is -2.55. The van der Waals surface area contributed by atoms with Gasteiger partial charge >= 0.3 is 11.9 Å². The molecule has 0 radical (unpaired) electrons. The third-order valence-electron chi connectivity index (χ3n) is 9.82. The third kappa shape index (κ3) is 35.3. The summed E-state index contributed by atoms with van der Waals surface area (Å²) in [5.74, 6) is -1.81. The van der Waals surface area contributed by atoms with Crippen LogP contribution in [0.1, 0.15) is 194 Å². The largest absolute Gasteiger partial charge is 0.544 e. The smallest absolute Gasteiger partial charge is 0.306 e. The highest BCUT2D eigenvalue weighted by molar-refractivity contribution is 5.70. The Morgan fingerprint density at radius 1 is 0.547 bits per heavy atom. The van der Waals surface area contributed by atoms with E-state index < -0.39 is 18.1 Å². The zero-order valence-corrected chi connectivity index (χ0v) is 35.2. The number of carboxylic acid groups (broad SMARTS) is 1. The van der Waals surface area contributed by atoms with E-state index in [1.54, 1.807) is 21.1 Å². The van der Waals surface area contributed by atoms with Crippen molar-refractivity contribution in [1.29, 1.82) is 0 Å². The SMILES string of the molecule is CCCCC/C=C/CCC(=O)OCC(COCCC(C(=O)[O-])[N+](C)(C)C)OC(=O)CCCCCCCCC/C=C/CCCCCCCCCCCCC. The molecule has 0 saturated carbocycles. The first kappa shape index (κ1) is 50.8. The van der Waals surface area contributed by atoms with Crippen molar-refractivity contribution in [2.45, 2.75) is 206 Å². The average Bonchev–Trinajstić information content (AvgIpc) is 3.11. The van der Waals surface area contributed by atoms with E-state index in [4.69, 9.17) is 14.2 Å². The number of esters is 2. The van der Waals surface area contributed by atoms with E-state index in [9.17, 15) is 19.5 Å². The van der Waals surface area contributed by atoms with E-state index in [1.165, 1.54) is 122 Å². The summed E-state index contributed by atoms with van der Waals surface area (Å²) >= 11 is 0. The van der Waals surface area contributed by atoms with Crippen molar-refractivity contribution >= 4 is 17.9 Å². The fourth-order valence-corrected chi connectivity index (χ4v) is 6.38. The standard InChI is InChI=1S/C45H83NO7/c1-6-8-10-12-14-15-16-17-18-19-20-21-22-23-24-25-26-27-28-30-32-34-36-44(48)53-41(39-51-38-37-42(45(49)50)46(3,4)5)40-52-43(47)35-33-31-29-13-11-9-7-2/h22-23,29,31,41-42H,6-21,24-28,30,32-40H2,1-5H3/b23-22+,31-29+. The van der Waals surface area contributed by atoms with Gasteiger partial charge in [0.15, 0.2) is 6.10 Å². The van der Waals surface area contributed by atoms with Crippen molar-refractivity contribution in [2.24, 2.45) is 0 Å². The van der Waals surface area contributed by atoms with E-state index in [1.807, 2.05) is 6.08 Å². The molecule has 0 aromatic heterocycles. The first-order valence-electron chi connectivity index (χ1n) is 21.9. The van der Waals surface area contributed by atoms with E-state index >= 15 is 0 Å². The number of ether oxygens (including phenoxy) is 3. The van der Waals surface area contributed by atoms with Gasteiger partial charge in [0.05, 0.1) is 40.3 Å². The minimum Gasteiger partial charge on any atom is -0.544 e. The summed E-state index contributed by atoms with van der Waals surface area (Å²) in [5, 5.41) is 11.6. The lowest BCUT2D eigenvalue weighted by Gasteiger charge is -2.34. The van der Waals surface area contributed by atoms with Gasteiger partial charge in [-0.25, -0.2) is 0 Å². The lowest BCUT2D eigenvalue weighted by atomic mass is 10.0. The molecule has 0 amide bonds. The number of allylic oxidation sites excluding steroid dienone is 4. The van der Waals surface area contributed by atoms with Crippen LogP contribution < -0.4 is 5.11 Å². The molecule has 8 nitrogen and oxygen atoms in total. The number of quaternary nitrogens is 1. The summed E-state index contributed by atoms with van der Waals surface area (Å²) in [4.78, 5) is 36.6. The third-order valence-corrected chi connectivity index (χ3v) is 9.82. The van der Waals surface area contributed by atoms with Crippen molar-refractivity contribution < 1.29 is 38.2 Å². The normalized spacial score (nSPS) is 13.2. The van der Waals surface area contributed by atoms with Gasteiger partial charge < -0.3 is 28.6 Å². The number of unbranched alkanes of at least 4 members (excludes halogenated alkanes) is 21. The van der Waals surface area contributed by atoms with Gasteiger partial charge in [-0.05, 0) is 51.4 Å². The number of aliphatic carboxylic acids is 1. The molecule has 0 spiro atoms. The maximum absolute atomic E-state index is 12.7. The molecule has 0 aliphatic carbocycles. The molecule has 2 unspecified atom stereocenters. The summed E-state index contributed by atoms with van der Waals surface area (Å²) in [6.07, 6.45) is 39.6. The maximum atomic E-state index is 12.7. The van der Waals surface area contributed by atoms with Crippen LogP contribution in [-0.4, -0.2) is 75.5 Å². The second kappa shape index (κ2) is 36.8. The molecule has 0 heterocycles. The molecule has 53 heavy (non-hydrogen) atoms. The van der Waals surface area contributed by atoms with Crippen LogP contribution in [0.2, 0.25) is 0 Å². The molecule has 0 aliphatic heterocycles. The first-order chi connectivity index (χ1) is 25.6. The number of carbonyl (C=O) groups excluding carboxylic acids is 3.